The van der Waals surface area contributed by atoms with Crippen LogP contribution in [0.5, 0.6) is 0 Å². The van der Waals surface area contributed by atoms with Crippen LogP contribution in [0, 0.1) is 33.1 Å². The van der Waals surface area contributed by atoms with Crippen LogP contribution in [-0.2, 0) is 10.0 Å². The molecule has 0 aromatic heterocycles. The van der Waals surface area contributed by atoms with Crippen LogP contribution >= 0.6 is 0 Å². The first-order valence-corrected chi connectivity index (χ1v) is 9.57. The summed E-state index contributed by atoms with van der Waals surface area (Å²) < 4.78 is 53.3. The largest absolute Gasteiger partial charge is 0.368 e. The van der Waals surface area contributed by atoms with Gasteiger partial charge in [0.1, 0.15) is 22.6 Å². The molecular formula is C17H14F2N4O4S. The van der Waals surface area contributed by atoms with Crippen LogP contribution in [0.1, 0.15) is 5.56 Å². The van der Waals surface area contributed by atoms with Crippen molar-refractivity contribution in [3.05, 3.63) is 63.7 Å². The number of rotatable bonds is 4. The van der Waals surface area contributed by atoms with Crippen molar-refractivity contribution >= 4 is 21.4 Å². The van der Waals surface area contributed by atoms with E-state index in [1.165, 1.54) is 12.1 Å². The van der Waals surface area contributed by atoms with Crippen molar-refractivity contribution in [3.63, 3.8) is 0 Å². The number of hydrogen-bond acceptors (Lipinski definition) is 6. The maximum absolute atomic E-state index is 13.9. The van der Waals surface area contributed by atoms with Crippen LogP contribution in [0.25, 0.3) is 0 Å². The van der Waals surface area contributed by atoms with Crippen LogP contribution < -0.4 is 4.90 Å². The quantitative estimate of drug-likeness (QED) is 0.567. The SMILES string of the molecule is N#Cc1cc([N+](=O)[O-])ccc1N1CCN(S(=O)(=O)c2ccc(F)cc2F)CC1. The van der Waals surface area contributed by atoms with Gasteiger partial charge in [-0.25, -0.2) is 17.2 Å². The first-order chi connectivity index (χ1) is 13.2. The van der Waals surface area contributed by atoms with E-state index in [0.717, 1.165) is 22.5 Å². The Morgan fingerprint density at radius 3 is 2.32 bits per heavy atom. The maximum atomic E-state index is 13.9. The third-order valence-electron chi connectivity index (χ3n) is 4.40. The predicted molar refractivity (Wildman–Crippen MR) is 95.1 cm³/mol. The zero-order chi connectivity index (χ0) is 20.5. The van der Waals surface area contributed by atoms with Gasteiger partial charge in [-0.15, -0.1) is 0 Å². The van der Waals surface area contributed by atoms with E-state index >= 15 is 0 Å². The number of sulfonamides is 1. The van der Waals surface area contributed by atoms with E-state index in [1.54, 1.807) is 4.90 Å². The molecule has 1 aliphatic rings. The van der Waals surface area contributed by atoms with Gasteiger partial charge in [0.2, 0.25) is 10.0 Å². The minimum Gasteiger partial charge on any atom is -0.368 e. The summed E-state index contributed by atoms with van der Waals surface area (Å²) >= 11 is 0. The molecule has 1 saturated heterocycles. The Hall–Kier alpha value is -3.10. The highest BCUT2D eigenvalue weighted by Gasteiger charge is 2.31. The summed E-state index contributed by atoms with van der Waals surface area (Å²) in [7, 11) is -4.14. The molecule has 0 unspecified atom stereocenters. The number of anilines is 1. The van der Waals surface area contributed by atoms with E-state index in [9.17, 15) is 32.6 Å². The van der Waals surface area contributed by atoms with E-state index in [-0.39, 0.29) is 37.4 Å². The summed E-state index contributed by atoms with van der Waals surface area (Å²) in [5.41, 5.74) is 0.349. The Balaban J connectivity index is 1.79. The Kier molecular flexibility index (Phi) is 5.26. The topological polar surface area (TPSA) is 108 Å². The van der Waals surface area contributed by atoms with Crippen molar-refractivity contribution in [1.82, 2.24) is 4.31 Å². The lowest BCUT2D eigenvalue weighted by atomic mass is 10.1. The first-order valence-electron chi connectivity index (χ1n) is 8.12. The lowest BCUT2D eigenvalue weighted by Crippen LogP contribution is -2.49. The van der Waals surface area contributed by atoms with Crippen LogP contribution in [-0.4, -0.2) is 43.8 Å². The van der Waals surface area contributed by atoms with Gasteiger partial charge in [0.25, 0.3) is 5.69 Å². The third-order valence-corrected chi connectivity index (χ3v) is 6.33. The smallest absolute Gasteiger partial charge is 0.270 e. The van der Waals surface area contributed by atoms with Gasteiger partial charge in [-0.05, 0) is 18.2 Å². The Morgan fingerprint density at radius 2 is 1.75 bits per heavy atom. The van der Waals surface area contributed by atoms with Crippen LogP contribution in [0.15, 0.2) is 41.3 Å². The van der Waals surface area contributed by atoms with Gasteiger partial charge in [0, 0.05) is 44.4 Å². The third kappa shape index (κ3) is 3.64. The predicted octanol–water partition coefficient (Wildman–Crippen LogP) is 2.26. The molecule has 3 rings (SSSR count). The van der Waals surface area contributed by atoms with Crippen molar-refractivity contribution < 1.29 is 22.1 Å². The Labute approximate surface area is 159 Å². The fourth-order valence-corrected chi connectivity index (χ4v) is 4.46. The van der Waals surface area contributed by atoms with Gasteiger partial charge in [-0.2, -0.15) is 9.57 Å². The molecule has 0 saturated carbocycles. The standard InChI is InChI=1S/C17H14F2N4O4S/c18-13-1-4-17(15(19)10-13)28(26,27)22-7-5-21(6-8-22)16-3-2-14(23(24)25)9-12(16)11-20/h1-4,9-10H,5-8H2. The van der Waals surface area contributed by atoms with Gasteiger partial charge in [-0.1, -0.05) is 0 Å². The Morgan fingerprint density at radius 1 is 1.07 bits per heavy atom. The molecule has 1 heterocycles. The molecule has 0 amide bonds. The zero-order valence-electron chi connectivity index (χ0n) is 14.4. The number of benzene rings is 2. The number of halogens is 2. The van der Waals surface area contributed by atoms with Gasteiger partial charge in [-0.3, -0.25) is 10.1 Å². The molecular weight excluding hydrogens is 394 g/mol. The average molecular weight is 408 g/mol. The molecule has 0 radical (unpaired) electrons. The van der Waals surface area contributed by atoms with Crippen LogP contribution in [0.2, 0.25) is 0 Å². The highest BCUT2D eigenvalue weighted by atomic mass is 32.2. The zero-order valence-corrected chi connectivity index (χ0v) is 15.2. The molecule has 1 aliphatic heterocycles. The summed E-state index contributed by atoms with van der Waals surface area (Å²) in [6, 6.07) is 8.06. The fourth-order valence-electron chi connectivity index (χ4n) is 3.00. The van der Waals surface area contributed by atoms with Gasteiger partial charge < -0.3 is 4.90 Å². The second kappa shape index (κ2) is 7.49. The van der Waals surface area contributed by atoms with Crippen molar-refractivity contribution in [1.29, 1.82) is 5.26 Å². The summed E-state index contributed by atoms with van der Waals surface area (Å²) in [4.78, 5) is 11.4. The van der Waals surface area contributed by atoms with E-state index < -0.39 is 31.5 Å². The minimum atomic E-state index is -4.14. The Bertz CT molecular complexity index is 1080. The lowest BCUT2D eigenvalue weighted by molar-refractivity contribution is -0.384. The van der Waals surface area contributed by atoms with Gasteiger partial charge >= 0.3 is 0 Å². The van der Waals surface area contributed by atoms with Crippen molar-refractivity contribution in [2.24, 2.45) is 0 Å². The molecule has 8 nitrogen and oxygen atoms in total. The summed E-state index contributed by atoms with van der Waals surface area (Å²) in [5, 5.41) is 20.1. The normalized spacial score (nSPS) is 15.2. The summed E-state index contributed by atoms with van der Waals surface area (Å²) in [5.74, 6) is -2.03. The van der Waals surface area contributed by atoms with E-state index in [4.69, 9.17) is 0 Å². The second-order valence-corrected chi connectivity index (χ2v) is 7.94. The molecule has 11 heteroatoms. The molecule has 146 valence electrons. The van der Waals surface area contributed by atoms with Crippen molar-refractivity contribution in [2.75, 3.05) is 31.1 Å². The molecule has 1 fully saturated rings. The van der Waals surface area contributed by atoms with E-state index in [1.807, 2.05) is 6.07 Å². The lowest BCUT2D eigenvalue weighted by Gasteiger charge is -2.35. The summed E-state index contributed by atoms with van der Waals surface area (Å²) in [6.07, 6.45) is 0. The number of nitriles is 1. The summed E-state index contributed by atoms with van der Waals surface area (Å²) in [6.45, 7) is 0.436. The number of nitro groups is 1. The average Bonchev–Trinajstić information content (AvgIpc) is 2.67. The molecule has 0 atom stereocenters. The molecule has 2 aromatic carbocycles. The van der Waals surface area contributed by atoms with Crippen LogP contribution in [0.4, 0.5) is 20.2 Å². The monoisotopic (exact) mass is 408 g/mol. The van der Waals surface area contributed by atoms with E-state index in [0.29, 0.717) is 11.8 Å². The molecule has 0 N–H and O–H groups in total. The molecule has 2 aromatic rings. The molecule has 0 spiro atoms. The number of nitrogens with zero attached hydrogens (tertiary/aromatic N) is 4. The van der Waals surface area contributed by atoms with Crippen molar-refractivity contribution in [3.8, 4) is 6.07 Å². The highest BCUT2D eigenvalue weighted by molar-refractivity contribution is 7.89. The molecule has 0 aliphatic carbocycles. The van der Waals surface area contributed by atoms with Gasteiger partial charge in [0.05, 0.1) is 16.2 Å². The molecule has 0 bridgehead atoms. The number of hydrogen-bond donors (Lipinski definition) is 0. The maximum Gasteiger partial charge on any atom is 0.270 e. The first kappa shape index (κ1) is 19.7. The van der Waals surface area contributed by atoms with Gasteiger partial charge in [0.15, 0.2) is 0 Å². The second-order valence-electron chi connectivity index (χ2n) is 6.04. The van der Waals surface area contributed by atoms with Crippen molar-refractivity contribution in [2.45, 2.75) is 4.90 Å². The van der Waals surface area contributed by atoms with Crippen LogP contribution in [0.3, 0.4) is 0 Å². The van der Waals surface area contributed by atoms with E-state index in [2.05, 4.69) is 0 Å². The minimum absolute atomic E-state index is 0.0149. The number of piperazine rings is 1. The fraction of sp³-hybridized carbons (Fsp3) is 0.235. The highest BCUT2D eigenvalue weighted by Crippen LogP contribution is 2.27. The molecule has 28 heavy (non-hydrogen) atoms. The number of nitro benzene ring substituents is 1. The number of non-ortho nitro benzene ring substituents is 1.